The molecule has 1 aliphatic rings. The fourth-order valence-corrected chi connectivity index (χ4v) is 2.98. The van der Waals surface area contributed by atoms with Crippen molar-refractivity contribution in [3.05, 3.63) is 6.20 Å². The van der Waals surface area contributed by atoms with Gasteiger partial charge in [0.15, 0.2) is 5.13 Å². The Labute approximate surface area is 102 Å². The highest BCUT2D eigenvalue weighted by Crippen LogP contribution is 2.30. The minimum Gasteiger partial charge on any atom is -0.362 e. The van der Waals surface area contributed by atoms with Crippen LogP contribution in [0.5, 0.6) is 0 Å². The summed E-state index contributed by atoms with van der Waals surface area (Å²) >= 11 is 1.77. The van der Waals surface area contributed by atoms with Crippen molar-refractivity contribution in [3.8, 4) is 0 Å². The Kier molecular flexibility index (Phi) is 3.38. The molecule has 1 aromatic heterocycles. The number of nitrogens with zero attached hydrogens (tertiary/aromatic N) is 2. The van der Waals surface area contributed by atoms with Gasteiger partial charge in [0, 0.05) is 18.6 Å². The van der Waals surface area contributed by atoms with Gasteiger partial charge in [0.1, 0.15) is 5.00 Å². The van der Waals surface area contributed by atoms with E-state index < -0.39 is 0 Å². The van der Waals surface area contributed by atoms with Gasteiger partial charge < -0.3 is 10.2 Å². The molecule has 90 valence electrons. The van der Waals surface area contributed by atoms with Gasteiger partial charge in [-0.05, 0) is 40.0 Å². The molecular weight excluding hydrogens is 218 g/mol. The van der Waals surface area contributed by atoms with E-state index in [1.807, 2.05) is 6.20 Å². The molecule has 4 heteroatoms. The van der Waals surface area contributed by atoms with E-state index in [9.17, 15) is 0 Å². The summed E-state index contributed by atoms with van der Waals surface area (Å²) in [5, 5.41) is 5.77. The average Bonchev–Trinajstić information content (AvgIpc) is 2.65. The number of rotatable bonds is 2. The molecule has 1 fully saturated rings. The number of piperidine rings is 1. The van der Waals surface area contributed by atoms with Crippen molar-refractivity contribution in [2.24, 2.45) is 0 Å². The smallest absolute Gasteiger partial charge is 0.185 e. The van der Waals surface area contributed by atoms with Crippen molar-refractivity contribution in [3.63, 3.8) is 0 Å². The molecular formula is C12H21N3S. The van der Waals surface area contributed by atoms with Gasteiger partial charge >= 0.3 is 0 Å². The van der Waals surface area contributed by atoms with Crippen LogP contribution in [0.2, 0.25) is 0 Å². The van der Waals surface area contributed by atoms with Crippen LogP contribution in [0, 0.1) is 0 Å². The van der Waals surface area contributed by atoms with E-state index in [1.54, 1.807) is 11.3 Å². The predicted molar refractivity (Wildman–Crippen MR) is 71.6 cm³/mol. The van der Waals surface area contributed by atoms with Gasteiger partial charge in [-0.25, -0.2) is 4.98 Å². The van der Waals surface area contributed by atoms with E-state index in [2.05, 4.69) is 36.0 Å². The van der Waals surface area contributed by atoms with Crippen molar-refractivity contribution in [1.82, 2.24) is 4.98 Å². The first-order chi connectivity index (χ1) is 7.54. The number of nitrogens with one attached hydrogen (secondary N) is 1. The zero-order valence-corrected chi connectivity index (χ0v) is 11.2. The minimum absolute atomic E-state index is 0.0943. The fourth-order valence-electron chi connectivity index (χ4n) is 1.90. The van der Waals surface area contributed by atoms with Crippen LogP contribution < -0.4 is 10.2 Å². The number of hydrogen-bond acceptors (Lipinski definition) is 4. The summed E-state index contributed by atoms with van der Waals surface area (Å²) in [6, 6.07) is 0. The molecule has 0 atom stereocenters. The Bertz CT molecular complexity index is 334. The first-order valence-electron chi connectivity index (χ1n) is 6.03. The highest BCUT2D eigenvalue weighted by molar-refractivity contribution is 7.19. The van der Waals surface area contributed by atoms with E-state index in [0.717, 1.165) is 5.13 Å². The highest BCUT2D eigenvalue weighted by Gasteiger charge is 2.16. The lowest BCUT2D eigenvalue weighted by Gasteiger charge is -2.26. The second-order valence-corrected chi connectivity index (χ2v) is 6.44. The van der Waals surface area contributed by atoms with E-state index >= 15 is 0 Å². The standard InChI is InChI=1S/C12H21N3S/c1-12(2,3)14-11-13-9-10(16-11)15-7-5-4-6-8-15/h9H,4-8H2,1-3H3,(H,13,14). The van der Waals surface area contributed by atoms with E-state index in [-0.39, 0.29) is 5.54 Å². The molecule has 0 saturated carbocycles. The van der Waals surface area contributed by atoms with E-state index in [0.29, 0.717) is 0 Å². The quantitative estimate of drug-likeness (QED) is 0.858. The first kappa shape index (κ1) is 11.7. The largest absolute Gasteiger partial charge is 0.362 e. The molecule has 0 amide bonds. The van der Waals surface area contributed by atoms with Gasteiger partial charge in [0.2, 0.25) is 0 Å². The maximum atomic E-state index is 4.44. The molecule has 1 saturated heterocycles. The summed E-state index contributed by atoms with van der Waals surface area (Å²) in [7, 11) is 0. The van der Waals surface area contributed by atoms with Crippen LogP contribution in [0.4, 0.5) is 10.1 Å². The third kappa shape index (κ3) is 3.11. The molecule has 1 aliphatic heterocycles. The van der Waals surface area contributed by atoms with Crippen molar-refractivity contribution in [2.45, 2.75) is 45.6 Å². The minimum atomic E-state index is 0.0943. The lowest BCUT2D eigenvalue weighted by molar-refractivity contribution is 0.580. The fraction of sp³-hybridized carbons (Fsp3) is 0.750. The molecule has 0 aromatic carbocycles. The van der Waals surface area contributed by atoms with Crippen LogP contribution in [0.3, 0.4) is 0 Å². The summed E-state index contributed by atoms with van der Waals surface area (Å²) in [5.41, 5.74) is 0.0943. The Hall–Kier alpha value is -0.770. The van der Waals surface area contributed by atoms with Crippen LogP contribution >= 0.6 is 11.3 Å². The first-order valence-corrected chi connectivity index (χ1v) is 6.85. The second-order valence-electron chi connectivity index (χ2n) is 5.43. The van der Waals surface area contributed by atoms with E-state index in [1.165, 1.54) is 37.4 Å². The summed E-state index contributed by atoms with van der Waals surface area (Å²) in [4.78, 5) is 6.90. The van der Waals surface area contributed by atoms with Crippen LogP contribution in [-0.4, -0.2) is 23.6 Å². The van der Waals surface area contributed by atoms with Gasteiger partial charge in [-0.15, -0.1) is 0 Å². The van der Waals surface area contributed by atoms with E-state index in [4.69, 9.17) is 0 Å². The molecule has 0 bridgehead atoms. The summed E-state index contributed by atoms with van der Waals surface area (Å²) in [5.74, 6) is 0. The third-order valence-corrected chi connectivity index (χ3v) is 3.62. The maximum Gasteiger partial charge on any atom is 0.185 e. The van der Waals surface area contributed by atoms with Crippen LogP contribution in [0.1, 0.15) is 40.0 Å². The van der Waals surface area contributed by atoms with Crippen molar-refractivity contribution >= 4 is 21.5 Å². The summed E-state index contributed by atoms with van der Waals surface area (Å²) in [6.07, 6.45) is 6.02. The Morgan fingerprint density at radius 3 is 2.56 bits per heavy atom. The van der Waals surface area contributed by atoms with Gasteiger partial charge in [0.05, 0.1) is 6.20 Å². The zero-order chi connectivity index (χ0) is 11.6. The molecule has 3 nitrogen and oxygen atoms in total. The van der Waals surface area contributed by atoms with Gasteiger partial charge in [-0.3, -0.25) is 0 Å². The molecule has 0 unspecified atom stereocenters. The lowest BCUT2D eigenvalue weighted by Crippen LogP contribution is -2.28. The Morgan fingerprint density at radius 2 is 1.94 bits per heavy atom. The van der Waals surface area contributed by atoms with Crippen LogP contribution in [0.15, 0.2) is 6.20 Å². The van der Waals surface area contributed by atoms with Gasteiger partial charge in [-0.2, -0.15) is 0 Å². The molecule has 1 N–H and O–H groups in total. The zero-order valence-electron chi connectivity index (χ0n) is 10.4. The highest BCUT2D eigenvalue weighted by atomic mass is 32.1. The number of anilines is 2. The molecule has 0 radical (unpaired) electrons. The number of aromatic nitrogens is 1. The second kappa shape index (κ2) is 4.62. The lowest BCUT2D eigenvalue weighted by atomic mass is 10.1. The summed E-state index contributed by atoms with van der Waals surface area (Å²) in [6.45, 7) is 8.87. The van der Waals surface area contributed by atoms with Crippen molar-refractivity contribution < 1.29 is 0 Å². The number of thiazole rings is 1. The average molecular weight is 239 g/mol. The van der Waals surface area contributed by atoms with Gasteiger partial charge in [-0.1, -0.05) is 11.3 Å². The van der Waals surface area contributed by atoms with Crippen molar-refractivity contribution in [1.29, 1.82) is 0 Å². The third-order valence-electron chi connectivity index (χ3n) is 2.64. The maximum absolute atomic E-state index is 4.44. The van der Waals surface area contributed by atoms with Gasteiger partial charge in [0.25, 0.3) is 0 Å². The molecule has 0 aliphatic carbocycles. The van der Waals surface area contributed by atoms with Crippen LogP contribution in [-0.2, 0) is 0 Å². The van der Waals surface area contributed by atoms with Crippen LogP contribution in [0.25, 0.3) is 0 Å². The molecule has 2 rings (SSSR count). The predicted octanol–water partition coefficient (Wildman–Crippen LogP) is 3.34. The SMILES string of the molecule is CC(C)(C)Nc1ncc(N2CCCCC2)s1. The molecule has 1 aromatic rings. The molecule has 2 heterocycles. The molecule has 16 heavy (non-hydrogen) atoms. The Morgan fingerprint density at radius 1 is 1.25 bits per heavy atom. The number of hydrogen-bond donors (Lipinski definition) is 1. The van der Waals surface area contributed by atoms with Crippen molar-refractivity contribution in [2.75, 3.05) is 23.3 Å². The Balaban J connectivity index is 2.01. The topological polar surface area (TPSA) is 28.2 Å². The monoisotopic (exact) mass is 239 g/mol. The summed E-state index contributed by atoms with van der Waals surface area (Å²) < 4.78 is 0. The molecule has 0 spiro atoms. The normalized spacial score (nSPS) is 17.6.